The second kappa shape index (κ2) is 9.63. The molecule has 0 fully saturated rings. The Hall–Kier alpha value is -3.37. The van der Waals surface area contributed by atoms with Crippen molar-refractivity contribution >= 4 is 17.2 Å². The molecule has 0 saturated carbocycles. The number of nitrogens with zero attached hydrogens (tertiary/aromatic N) is 1. The van der Waals surface area contributed by atoms with Crippen molar-refractivity contribution in [3.05, 3.63) is 108 Å². The number of thiophene rings is 1. The van der Waals surface area contributed by atoms with Crippen LogP contribution in [0.1, 0.15) is 29.1 Å². The molecule has 4 aromatic rings. The van der Waals surface area contributed by atoms with Gasteiger partial charge in [-0.3, -0.25) is 4.79 Å². The molecule has 1 aromatic heterocycles. The average molecular weight is 428 g/mol. The Bertz CT molecular complexity index is 1120. The molecule has 0 aliphatic heterocycles. The Morgan fingerprint density at radius 2 is 1.42 bits per heavy atom. The molecule has 156 valence electrons. The molecule has 3 aromatic carbocycles. The Kier molecular flexibility index (Phi) is 6.48. The van der Waals surface area contributed by atoms with Gasteiger partial charge in [0, 0.05) is 17.5 Å². The highest BCUT2D eigenvalue weighted by Crippen LogP contribution is 2.31. The lowest BCUT2D eigenvalue weighted by Gasteiger charge is -2.26. The fraction of sp³-hybridized carbons (Fsp3) is 0.148. The maximum atomic E-state index is 13.2. The van der Waals surface area contributed by atoms with E-state index in [0.29, 0.717) is 6.54 Å². The van der Waals surface area contributed by atoms with E-state index < -0.39 is 0 Å². The predicted octanol–water partition coefficient (Wildman–Crippen LogP) is 7.26. The lowest BCUT2D eigenvalue weighted by molar-refractivity contribution is 0.0695. The van der Waals surface area contributed by atoms with Crippen molar-refractivity contribution in [2.75, 3.05) is 0 Å². The predicted molar refractivity (Wildman–Crippen MR) is 128 cm³/mol. The van der Waals surface area contributed by atoms with Gasteiger partial charge in [-0.15, -0.1) is 11.3 Å². The van der Waals surface area contributed by atoms with Crippen LogP contribution in [0.25, 0.3) is 10.4 Å². The molecule has 1 amide bonds. The van der Waals surface area contributed by atoms with Crippen molar-refractivity contribution in [2.24, 2.45) is 0 Å². The highest BCUT2D eigenvalue weighted by Gasteiger charge is 2.21. The van der Waals surface area contributed by atoms with Gasteiger partial charge in [-0.25, -0.2) is 0 Å². The summed E-state index contributed by atoms with van der Waals surface area (Å²) in [5.74, 6) is 1.67. The Labute approximate surface area is 187 Å². The Morgan fingerprint density at radius 1 is 0.806 bits per heavy atom. The molecule has 3 nitrogen and oxygen atoms in total. The number of para-hydroxylation sites is 1. The summed E-state index contributed by atoms with van der Waals surface area (Å²) in [5, 5.41) is 0. The van der Waals surface area contributed by atoms with Crippen molar-refractivity contribution in [1.29, 1.82) is 0 Å². The highest BCUT2D eigenvalue weighted by atomic mass is 32.1. The number of benzene rings is 3. The molecule has 0 radical (unpaired) electrons. The van der Waals surface area contributed by atoms with E-state index in [1.807, 2.05) is 89.8 Å². The number of ether oxygens (including phenoxy) is 1. The molecule has 0 N–H and O–H groups in total. The Morgan fingerprint density at radius 3 is 2.06 bits per heavy atom. The summed E-state index contributed by atoms with van der Waals surface area (Å²) >= 11 is 1.53. The molecule has 0 saturated heterocycles. The van der Waals surface area contributed by atoms with E-state index in [1.165, 1.54) is 11.3 Å². The number of hydrogen-bond donors (Lipinski definition) is 0. The summed E-state index contributed by atoms with van der Waals surface area (Å²) in [5.41, 5.74) is 2.21. The standard InChI is InChI=1S/C27H25NO2S/c1-20(2)28(19-21-9-5-3-6-10-21)27(29)26-18-17-25(31-26)22-13-15-24(16-14-22)30-23-11-7-4-8-12-23/h3-18,20H,19H2,1-2H3. The third kappa shape index (κ3) is 5.22. The Balaban J connectivity index is 1.48. The van der Waals surface area contributed by atoms with Gasteiger partial charge >= 0.3 is 0 Å². The smallest absolute Gasteiger partial charge is 0.264 e. The van der Waals surface area contributed by atoms with E-state index in [9.17, 15) is 4.79 Å². The van der Waals surface area contributed by atoms with Crippen molar-refractivity contribution in [3.8, 4) is 21.9 Å². The third-order valence-electron chi connectivity index (χ3n) is 5.01. The minimum absolute atomic E-state index is 0.0686. The summed E-state index contributed by atoms with van der Waals surface area (Å²) in [4.78, 5) is 16.9. The molecular formula is C27H25NO2S. The summed E-state index contributed by atoms with van der Waals surface area (Å²) in [6, 6.07) is 31.9. The van der Waals surface area contributed by atoms with Crippen LogP contribution in [-0.2, 0) is 6.54 Å². The molecule has 0 aliphatic rings. The van der Waals surface area contributed by atoms with Gasteiger partial charge in [-0.1, -0.05) is 48.5 Å². The summed E-state index contributed by atoms with van der Waals surface area (Å²) < 4.78 is 5.87. The van der Waals surface area contributed by atoms with Crippen molar-refractivity contribution in [2.45, 2.75) is 26.4 Å². The number of carbonyl (C=O) groups excluding carboxylic acids is 1. The minimum atomic E-state index is 0.0686. The normalized spacial score (nSPS) is 10.8. The van der Waals surface area contributed by atoms with Crippen LogP contribution in [0, 0.1) is 0 Å². The minimum Gasteiger partial charge on any atom is -0.457 e. The van der Waals surface area contributed by atoms with Crippen LogP contribution in [0.3, 0.4) is 0 Å². The van der Waals surface area contributed by atoms with Gasteiger partial charge in [0.05, 0.1) is 4.88 Å². The number of carbonyl (C=O) groups is 1. The molecular weight excluding hydrogens is 402 g/mol. The van der Waals surface area contributed by atoms with Crippen LogP contribution in [0.2, 0.25) is 0 Å². The van der Waals surface area contributed by atoms with Gasteiger partial charge in [0.2, 0.25) is 0 Å². The lowest BCUT2D eigenvalue weighted by Crippen LogP contribution is -2.35. The monoisotopic (exact) mass is 427 g/mol. The number of rotatable bonds is 7. The van der Waals surface area contributed by atoms with Crippen LogP contribution in [0.5, 0.6) is 11.5 Å². The lowest BCUT2D eigenvalue weighted by atomic mass is 10.1. The van der Waals surface area contributed by atoms with Crippen LogP contribution < -0.4 is 4.74 Å². The second-order valence-corrected chi connectivity index (χ2v) is 8.70. The zero-order chi connectivity index (χ0) is 21.6. The average Bonchev–Trinajstić information content (AvgIpc) is 3.29. The van der Waals surface area contributed by atoms with E-state index in [0.717, 1.165) is 32.4 Å². The van der Waals surface area contributed by atoms with Crippen LogP contribution in [0.15, 0.2) is 97.1 Å². The first-order valence-corrected chi connectivity index (χ1v) is 11.2. The highest BCUT2D eigenvalue weighted by molar-refractivity contribution is 7.17. The molecule has 1 heterocycles. The molecule has 0 spiro atoms. The first kappa shape index (κ1) is 20.9. The molecule has 31 heavy (non-hydrogen) atoms. The molecule has 0 atom stereocenters. The summed E-state index contributed by atoms with van der Waals surface area (Å²) in [6.07, 6.45) is 0. The fourth-order valence-electron chi connectivity index (χ4n) is 3.33. The van der Waals surface area contributed by atoms with Crippen LogP contribution in [-0.4, -0.2) is 16.8 Å². The zero-order valence-corrected chi connectivity index (χ0v) is 18.5. The largest absolute Gasteiger partial charge is 0.457 e. The van der Waals surface area contributed by atoms with Gasteiger partial charge in [-0.05, 0) is 73.5 Å². The van der Waals surface area contributed by atoms with Crippen LogP contribution >= 0.6 is 11.3 Å². The van der Waals surface area contributed by atoms with Crippen molar-refractivity contribution in [3.63, 3.8) is 0 Å². The summed E-state index contributed by atoms with van der Waals surface area (Å²) in [6.45, 7) is 4.72. The fourth-order valence-corrected chi connectivity index (χ4v) is 4.30. The number of amides is 1. The molecule has 0 unspecified atom stereocenters. The maximum absolute atomic E-state index is 13.2. The molecule has 4 rings (SSSR count). The van der Waals surface area contributed by atoms with Gasteiger partial charge in [0.15, 0.2) is 0 Å². The first-order chi connectivity index (χ1) is 15.1. The quantitative estimate of drug-likeness (QED) is 0.311. The maximum Gasteiger partial charge on any atom is 0.264 e. The van der Waals surface area contributed by atoms with Gasteiger partial charge in [-0.2, -0.15) is 0 Å². The van der Waals surface area contributed by atoms with E-state index in [1.54, 1.807) is 0 Å². The first-order valence-electron chi connectivity index (χ1n) is 10.4. The molecule has 0 bridgehead atoms. The molecule has 4 heteroatoms. The van der Waals surface area contributed by atoms with Crippen LogP contribution in [0.4, 0.5) is 0 Å². The summed E-state index contributed by atoms with van der Waals surface area (Å²) in [7, 11) is 0. The van der Waals surface area contributed by atoms with E-state index in [4.69, 9.17) is 4.74 Å². The topological polar surface area (TPSA) is 29.5 Å². The van der Waals surface area contributed by atoms with E-state index >= 15 is 0 Å². The van der Waals surface area contributed by atoms with Gasteiger partial charge in [0.25, 0.3) is 5.91 Å². The van der Waals surface area contributed by atoms with Gasteiger partial charge < -0.3 is 9.64 Å². The molecule has 0 aliphatic carbocycles. The van der Waals surface area contributed by atoms with E-state index in [-0.39, 0.29) is 11.9 Å². The number of hydrogen-bond acceptors (Lipinski definition) is 3. The second-order valence-electron chi connectivity index (χ2n) is 7.62. The SMILES string of the molecule is CC(C)N(Cc1ccccc1)C(=O)c1ccc(-c2ccc(Oc3ccccc3)cc2)s1. The van der Waals surface area contributed by atoms with Gasteiger partial charge in [0.1, 0.15) is 11.5 Å². The third-order valence-corrected chi connectivity index (χ3v) is 6.14. The van der Waals surface area contributed by atoms with Crippen molar-refractivity contribution < 1.29 is 9.53 Å². The zero-order valence-electron chi connectivity index (χ0n) is 17.7. The van der Waals surface area contributed by atoms with Crippen molar-refractivity contribution in [1.82, 2.24) is 4.90 Å². The van der Waals surface area contributed by atoms with E-state index in [2.05, 4.69) is 26.0 Å².